The maximum atomic E-state index is 3.67. The van der Waals surface area contributed by atoms with Crippen LogP contribution in [0.3, 0.4) is 0 Å². The summed E-state index contributed by atoms with van der Waals surface area (Å²) in [6, 6.07) is 0.877. The lowest BCUT2D eigenvalue weighted by atomic mass is 9.67. The SMILES string of the molecule is CCC1CCC(C(C)(C)CCNC2CC2)CC1. The second-order valence-electron chi connectivity index (χ2n) is 7.09. The van der Waals surface area contributed by atoms with Gasteiger partial charge >= 0.3 is 0 Å². The third kappa shape index (κ3) is 3.98. The fraction of sp³-hybridized carbons (Fsp3) is 1.00. The first-order valence-electron chi connectivity index (χ1n) is 7.85. The highest BCUT2D eigenvalue weighted by Crippen LogP contribution is 2.42. The molecular formula is C16H31N. The normalized spacial score (nSPS) is 30.5. The lowest BCUT2D eigenvalue weighted by molar-refractivity contribution is 0.121. The molecule has 0 unspecified atom stereocenters. The van der Waals surface area contributed by atoms with Crippen LogP contribution in [0.4, 0.5) is 0 Å². The predicted octanol–water partition coefficient (Wildman–Crippen LogP) is 4.37. The Kier molecular flexibility index (Phi) is 4.52. The molecule has 0 radical (unpaired) electrons. The zero-order valence-corrected chi connectivity index (χ0v) is 12.1. The van der Waals surface area contributed by atoms with Gasteiger partial charge in [0.1, 0.15) is 0 Å². The van der Waals surface area contributed by atoms with Crippen LogP contribution in [-0.4, -0.2) is 12.6 Å². The summed E-state index contributed by atoms with van der Waals surface area (Å²) in [6.45, 7) is 8.60. The summed E-state index contributed by atoms with van der Waals surface area (Å²) in [7, 11) is 0. The smallest absolute Gasteiger partial charge is 0.00682 e. The van der Waals surface area contributed by atoms with Gasteiger partial charge in [0.05, 0.1) is 0 Å². The van der Waals surface area contributed by atoms with Crippen LogP contribution in [0.2, 0.25) is 0 Å². The van der Waals surface area contributed by atoms with Crippen LogP contribution in [0.5, 0.6) is 0 Å². The van der Waals surface area contributed by atoms with Crippen molar-refractivity contribution >= 4 is 0 Å². The average Bonchev–Trinajstić information content (AvgIpc) is 3.13. The van der Waals surface area contributed by atoms with E-state index in [0.717, 1.165) is 17.9 Å². The summed E-state index contributed by atoms with van der Waals surface area (Å²) < 4.78 is 0. The molecule has 0 aromatic rings. The molecule has 1 nitrogen and oxygen atoms in total. The molecule has 2 rings (SSSR count). The number of hydrogen-bond donors (Lipinski definition) is 1. The van der Waals surface area contributed by atoms with Gasteiger partial charge in [0, 0.05) is 6.04 Å². The van der Waals surface area contributed by atoms with Gasteiger partial charge < -0.3 is 5.32 Å². The maximum absolute atomic E-state index is 3.67. The van der Waals surface area contributed by atoms with Crippen molar-refractivity contribution in [3.05, 3.63) is 0 Å². The second kappa shape index (κ2) is 5.73. The fourth-order valence-electron chi connectivity index (χ4n) is 3.44. The van der Waals surface area contributed by atoms with Crippen molar-refractivity contribution in [1.82, 2.24) is 5.32 Å². The Bertz CT molecular complexity index is 222. The maximum Gasteiger partial charge on any atom is 0.00682 e. The third-order valence-electron chi connectivity index (χ3n) is 5.31. The zero-order chi connectivity index (χ0) is 12.3. The monoisotopic (exact) mass is 237 g/mol. The van der Waals surface area contributed by atoms with Gasteiger partial charge in [-0.3, -0.25) is 0 Å². The van der Waals surface area contributed by atoms with E-state index in [4.69, 9.17) is 0 Å². The molecule has 0 aromatic heterocycles. The summed E-state index contributed by atoms with van der Waals surface area (Å²) in [5.41, 5.74) is 0.556. The molecule has 0 aromatic carbocycles. The Hall–Kier alpha value is -0.0400. The second-order valence-corrected chi connectivity index (χ2v) is 7.09. The Morgan fingerprint density at radius 1 is 1.00 bits per heavy atom. The van der Waals surface area contributed by atoms with Gasteiger partial charge in [-0.1, -0.05) is 40.0 Å². The van der Waals surface area contributed by atoms with Crippen molar-refractivity contribution in [2.24, 2.45) is 17.3 Å². The predicted molar refractivity (Wildman–Crippen MR) is 75.2 cm³/mol. The largest absolute Gasteiger partial charge is 0.314 e. The topological polar surface area (TPSA) is 12.0 Å². The first-order chi connectivity index (χ1) is 8.12. The lowest BCUT2D eigenvalue weighted by Gasteiger charge is -2.39. The molecule has 0 bridgehead atoms. The quantitative estimate of drug-likeness (QED) is 0.723. The van der Waals surface area contributed by atoms with Crippen molar-refractivity contribution in [2.45, 2.75) is 78.2 Å². The molecule has 2 fully saturated rings. The Morgan fingerprint density at radius 2 is 1.65 bits per heavy atom. The summed E-state index contributed by atoms with van der Waals surface area (Å²) in [5, 5.41) is 3.67. The van der Waals surface area contributed by atoms with Crippen molar-refractivity contribution < 1.29 is 0 Å². The standard InChI is InChI=1S/C16H31N/c1-4-13-5-7-14(8-6-13)16(2,3)11-12-17-15-9-10-15/h13-15,17H,4-12H2,1-3H3. The van der Waals surface area contributed by atoms with Crippen LogP contribution in [0.25, 0.3) is 0 Å². The van der Waals surface area contributed by atoms with E-state index in [0.29, 0.717) is 5.41 Å². The molecule has 0 spiro atoms. The van der Waals surface area contributed by atoms with E-state index in [1.807, 2.05) is 0 Å². The molecule has 17 heavy (non-hydrogen) atoms. The summed E-state index contributed by atoms with van der Waals surface area (Å²) >= 11 is 0. The highest BCUT2D eigenvalue weighted by atomic mass is 14.9. The fourth-order valence-corrected chi connectivity index (χ4v) is 3.44. The van der Waals surface area contributed by atoms with Gasteiger partial charge in [0.25, 0.3) is 0 Å². The Morgan fingerprint density at radius 3 is 2.18 bits per heavy atom. The van der Waals surface area contributed by atoms with Gasteiger partial charge in [0.2, 0.25) is 0 Å². The minimum absolute atomic E-state index is 0.556. The molecule has 2 aliphatic rings. The average molecular weight is 237 g/mol. The molecule has 0 amide bonds. The van der Waals surface area contributed by atoms with Crippen LogP contribution in [0, 0.1) is 17.3 Å². The highest BCUT2D eigenvalue weighted by molar-refractivity contribution is 4.86. The van der Waals surface area contributed by atoms with Crippen molar-refractivity contribution in [1.29, 1.82) is 0 Å². The van der Waals surface area contributed by atoms with Crippen LogP contribution in [0.15, 0.2) is 0 Å². The molecule has 100 valence electrons. The minimum atomic E-state index is 0.556. The summed E-state index contributed by atoms with van der Waals surface area (Å²) in [4.78, 5) is 0. The first kappa shape index (κ1) is 13.4. The molecule has 0 heterocycles. The van der Waals surface area contributed by atoms with E-state index in [-0.39, 0.29) is 0 Å². The minimum Gasteiger partial charge on any atom is -0.314 e. The number of nitrogens with one attached hydrogen (secondary N) is 1. The van der Waals surface area contributed by atoms with Crippen LogP contribution >= 0.6 is 0 Å². The third-order valence-corrected chi connectivity index (χ3v) is 5.31. The van der Waals surface area contributed by atoms with Gasteiger partial charge in [-0.15, -0.1) is 0 Å². The molecule has 0 aliphatic heterocycles. The van der Waals surface area contributed by atoms with Crippen LogP contribution in [-0.2, 0) is 0 Å². The van der Waals surface area contributed by atoms with E-state index >= 15 is 0 Å². The number of hydrogen-bond acceptors (Lipinski definition) is 1. The molecular weight excluding hydrogens is 206 g/mol. The molecule has 2 saturated carbocycles. The van der Waals surface area contributed by atoms with Gasteiger partial charge in [-0.05, 0) is 55.9 Å². The highest BCUT2D eigenvalue weighted by Gasteiger charge is 2.32. The Balaban J connectivity index is 1.70. The molecule has 1 N–H and O–H groups in total. The van der Waals surface area contributed by atoms with Crippen LogP contribution in [0.1, 0.15) is 72.1 Å². The summed E-state index contributed by atoms with van der Waals surface area (Å²) in [5.74, 6) is 2.01. The van der Waals surface area contributed by atoms with E-state index in [2.05, 4.69) is 26.1 Å². The molecule has 1 heteroatoms. The van der Waals surface area contributed by atoms with E-state index in [1.165, 1.54) is 57.9 Å². The first-order valence-corrected chi connectivity index (χ1v) is 7.85. The molecule has 2 aliphatic carbocycles. The van der Waals surface area contributed by atoms with Crippen LogP contribution < -0.4 is 5.32 Å². The van der Waals surface area contributed by atoms with E-state index in [9.17, 15) is 0 Å². The van der Waals surface area contributed by atoms with Gasteiger partial charge in [0.15, 0.2) is 0 Å². The van der Waals surface area contributed by atoms with Gasteiger partial charge in [-0.2, -0.15) is 0 Å². The van der Waals surface area contributed by atoms with E-state index in [1.54, 1.807) is 0 Å². The number of rotatable bonds is 6. The van der Waals surface area contributed by atoms with Crippen molar-refractivity contribution in [3.63, 3.8) is 0 Å². The van der Waals surface area contributed by atoms with E-state index < -0.39 is 0 Å². The van der Waals surface area contributed by atoms with Crippen molar-refractivity contribution in [3.8, 4) is 0 Å². The Labute approximate surface area is 108 Å². The molecule has 0 atom stereocenters. The summed E-state index contributed by atoms with van der Waals surface area (Å²) in [6.07, 6.45) is 11.5. The zero-order valence-electron chi connectivity index (χ0n) is 12.1. The lowest BCUT2D eigenvalue weighted by Crippen LogP contribution is -2.32. The van der Waals surface area contributed by atoms with Gasteiger partial charge in [-0.25, -0.2) is 0 Å². The van der Waals surface area contributed by atoms with Crippen molar-refractivity contribution in [2.75, 3.05) is 6.54 Å². The molecule has 0 saturated heterocycles.